The lowest BCUT2D eigenvalue weighted by Crippen LogP contribution is -2.11. The maximum atomic E-state index is 5.80. The average Bonchev–Trinajstić information content (AvgIpc) is 2.47. The lowest BCUT2D eigenvalue weighted by molar-refractivity contribution is 1.36. The van der Waals surface area contributed by atoms with Crippen molar-refractivity contribution in [2.45, 2.75) is 0 Å². The molecule has 0 saturated carbocycles. The first kappa shape index (κ1) is 14.0. The van der Waals surface area contributed by atoms with Crippen LogP contribution in [0.25, 0.3) is 10.8 Å². The van der Waals surface area contributed by atoms with E-state index in [1.807, 2.05) is 48.7 Å². The van der Waals surface area contributed by atoms with Crippen LogP contribution < -0.4 is 11.1 Å². The highest BCUT2D eigenvalue weighted by molar-refractivity contribution is 9.10. The van der Waals surface area contributed by atoms with Crippen LogP contribution in [0.5, 0.6) is 0 Å². The number of halogens is 1. The van der Waals surface area contributed by atoms with Crippen molar-refractivity contribution >= 4 is 55.3 Å². The van der Waals surface area contributed by atoms with Crippen LogP contribution in [0.3, 0.4) is 0 Å². The van der Waals surface area contributed by atoms with Crippen LogP contribution in [0.15, 0.2) is 59.3 Å². The first-order valence-corrected chi connectivity index (χ1v) is 7.54. The second kappa shape index (κ2) is 5.79. The van der Waals surface area contributed by atoms with E-state index < -0.39 is 0 Å². The van der Waals surface area contributed by atoms with Gasteiger partial charge in [0.05, 0.1) is 0 Å². The van der Waals surface area contributed by atoms with Crippen LogP contribution >= 0.6 is 28.1 Å². The maximum absolute atomic E-state index is 5.80. The van der Waals surface area contributed by atoms with Gasteiger partial charge in [0.1, 0.15) is 4.99 Å². The molecule has 0 aliphatic rings. The molecule has 0 amide bonds. The highest BCUT2D eigenvalue weighted by atomic mass is 79.9. The first-order chi connectivity index (χ1) is 10.1. The minimum atomic E-state index is 0.368. The fraction of sp³-hybridized carbons (Fsp3) is 0. The lowest BCUT2D eigenvalue weighted by Gasteiger charge is -2.13. The number of anilines is 2. The van der Waals surface area contributed by atoms with E-state index in [-0.39, 0.29) is 0 Å². The number of thiocarbonyl (C=S) groups is 1. The molecule has 0 aliphatic carbocycles. The first-order valence-electron chi connectivity index (χ1n) is 6.34. The van der Waals surface area contributed by atoms with Gasteiger partial charge >= 0.3 is 0 Å². The van der Waals surface area contributed by atoms with Crippen molar-refractivity contribution in [3.05, 3.63) is 64.9 Å². The van der Waals surface area contributed by atoms with Gasteiger partial charge in [-0.2, -0.15) is 0 Å². The van der Waals surface area contributed by atoms with Crippen molar-refractivity contribution in [2.75, 3.05) is 5.32 Å². The van der Waals surface area contributed by atoms with Gasteiger partial charge in [0.25, 0.3) is 0 Å². The summed E-state index contributed by atoms with van der Waals surface area (Å²) in [6.45, 7) is 0. The molecule has 1 aromatic heterocycles. The lowest BCUT2D eigenvalue weighted by atomic mass is 10.1. The van der Waals surface area contributed by atoms with Crippen molar-refractivity contribution in [3.8, 4) is 0 Å². The summed E-state index contributed by atoms with van der Waals surface area (Å²) >= 11 is 8.59. The summed E-state index contributed by atoms with van der Waals surface area (Å²) in [6.07, 6.45) is 3.62. The standard InChI is InChI=1S/C16H12BrN3S/c17-11-4-5-13(16(18)21)15(8-11)20-14-3-1-2-10-9-19-7-6-12(10)14/h1-9,20H,(H2,18,21). The molecule has 0 saturated heterocycles. The van der Waals surface area contributed by atoms with Crippen LogP contribution in [0, 0.1) is 0 Å². The SMILES string of the molecule is NC(=S)c1ccc(Br)cc1Nc1cccc2cnccc12. The Kier molecular flexibility index (Phi) is 3.86. The molecule has 3 aromatic rings. The average molecular weight is 358 g/mol. The number of hydrogen-bond acceptors (Lipinski definition) is 3. The Labute approximate surface area is 136 Å². The smallest absolute Gasteiger partial charge is 0.106 e. The largest absolute Gasteiger partial charge is 0.389 e. The summed E-state index contributed by atoms with van der Waals surface area (Å²) in [5.74, 6) is 0. The quantitative estimate of drug-likeness (QED) is 0.683. The third kappa shape index (κ3) is 2.89. The summed E-state index contributed by atoms with van der Waals surface area (Å²) in [4.78, 5) is 4.51. The molecular weight excluding hydrogens is 346 g/mol. The third-order valence-corrected chi connectivity index (χ3v) is 3.91. The number of nitrogens with zero attached hydrogens (tertiary/aromatic N) is 1. The Morgan fingerprint density at radius 2 is 2.00 bits per heavy atom. The minimum absolute atomic E-state index is 0.368. The molecule has 0 bridgehead atoms. The number of fused-ring (bicyclic) bond motifs is 1. The molecule has 3 rings (SSSR count). The number of nitrogens with one attached hydrogen (secondary N) is 1. The second-order valence-electron chi connectivity index (χ2n) is 4.58. The molecular formula is C16H12BrN3S. The molecule has 1 heterocycles. The predicted octanol–water partition coefficient (Wildman–Crippen LogP) is 4.38. The molecule has 21 heavy (non-hydrogen) atoms. The van der Waals surface area contributed by atoms with E-state index in [9.17, 15) is 0 Å². The van der Waals surface area contributed by atoms with Crippen molar-refractivity contribution in [1.29, 1.82) is 0 Å². The molecule has 3 N–H and O–H groups in total. The molecule has 104 valence electrons. The van der Waals surface area contributed by atoms with Gasteiger partial charge in [-0.3, -0.25) is 4.98 Å². The molecule has 5 heteroatoms. The predicted molar refractivity (Wildman–Crippen MR) is 95.1 cm³/mol. The van der Waals surface area contributed by atoms with Crippen molar-refractivity contribution in [2.24, 2.45) is 5.73 Å². The van der Waals surface area contributed by atoms with E-state index in [2.05, 4.69) is 26.2 Å². The highest BCUT2D eigenvalue weighted by Crippen LogP contribution is 2.29. The van der Waals surface area contributed by atoms with E-state index >= 15 is 0 Å². The van der Waals surface area contributed by atoms with Gasteiger partial charge in [0, 0.05) is 44.6 Å². The molecule has 2 aromatic carbocycles. The normalized spacial score (nSPS) is 10.5. The van der Waals surface area contributed by atoms with Crippen molar-refractivity contribution in [1.82, 2.24) is 4.98 Å². The minimum Gasteiger partial charge on any atom is -0.389 e. The van der Waals surface area contributed by atoms with E-state index in [1.54, 1.807) is 6.20 Å². The second-order valence-corrected chi connectivity index (χ2v) is 5.94. The van der Waals surface area contributed by atoms with Crippen LogP contribution in [-0.2, 0) is 0 Å². The number of rotatable bonds is 3. The fourth-order valence-corrected chi connectivity index (χ4v) is 2.75. The van der Waals surface area contributed by atoms with Crippen LogP contribution in [0.4, 0.5) is 11.4 Å². The molecule has 0 spiro atoms. The Balaban J connectivity index is 2.11. The monoisotopic (exact) mass is 357 g/mol. The molecule has 0 aliphatic heterocycles. The zero-order valence-corrected chi connectivity index (χ0v) is 13.4. The summed E-state index contributed by atoms with van der Waals surface area (Å²) in [6, 6.07) is 13.8. The van der Waals surface area contributed by atoms with E-state index in [0.717, 1.165) is 32.2 Å². The van der Waals surface area contributed by atoms with E-state index in [4.69, 9.17) is 18.0 Å². The molecule has 0 fully saturated rings. The summed E-state index contributed by atoms with van der Waals surface area (Å²) in [5.41, 5.74) is 8.48. The molecule has 0 atom stereocenters. The summed E-state index contributed by atoms with van der Waals surface area (Å²) in [5, 5.41) is 5.59. The fourth-order valence-electron chi connectivity index (χ4n) is 2.21. The topological polar surface area (TPSA) is 50.9 Å². The highest BCUT2D eigenvalue weighted by Gasteiger charge is 2.08. The number of aromatic nitrogens is 1. The molecule has 0 radical (unpaired) electrons. The Hall–Kier alpha value is -1.98. The van der Waals surface area contributed by atoms with Gasteiger partial charge < -0.3 is 11.1 Å². The third-order valence-electron chi connectivity index (χ3n) is 3.20. The number of pyridine rings is 1. The van der Waals surface area contributed by atoms with Gasteiger partial charge in [-0.1, -0.05) is 40.3 Å². The zero-order valence-electron chi connectivity index (χ0n) is 11.0. The van der Waals surface area contributed by atoms with E-state index in [1.165, 1.54) is 0 Å². The molecule has 0 unspecified atom stereocenters. The van der Waals surface area contributed by atoms with Gasteiger partial charge in [-0.25, -0.2) is 0 Å². The van der Waals surface area contributed by atoms with Crippen LogP contribution in [-0.4, -0.2) is 9.97 Å². The van der Waals surface area contributed by atoms with Crippen molar-refractivity contribution in [3.63, 3.8) is 0 Å². The van der Waals surface area contributed by atoms with Gasteiger partial charge in [0.15, 0.2) is 0 Å². The Morgan fingerprint density at radius 3 is 2.81 bits per heavy atom. The van der Waals surface area contributed by atoms with Crippen molar-refractivity contribution < 1.29 is 0 Å². The maximum Gasteiger partial charge on any atom is 0.106 e. The number of hydrogen-bond donors (Lipinski definition) is 2. The van der Waals surface area contributed by atoms with Gasteiger partial charge in [-0.05, 0) is 30.3 Å². The zero-order chi connectivity index (χ0) is 14.8. The van der Waals surface area contributed by atoms with Gasteiger partial charge in [-0.15, -0.1) is 0 Å². The summed E-state index contributed by atoms with van der Waals surface area (Å²) < 4.78 is 0.965. The van der Waals surface area contributed by atoms with Gasteiger partial charge in [0.2, 0.25) is 0 Å². The number of benzene rings is 2. The number of nitrogens with two attached hydrogens (primary N) is 1. The van der Waals surface area contributed by atoms with Crippen LogP contribution in [0.2, 0.25) is 0 Å². The Bertz CT molecular complexity index is 827. The summed E-state index contributed by atoms with van der Waals surface area (Å²) in [7, 11) is 0. The Morgan fingerprint density at radius 1 is 1.14 bits per heavy atom. The molecule has 3 nitrogen and oxygen atoms in total. The van der Waals surface area contributed by atoms with Crippen LogP contribution in [0.1, 0.15) is 5.56 Å². The van der Waals surface area contributed by atoms with E-state index in [0.29, 0.717) is 4.99 Å².